The molecule has 0 fully saturated rings. The number of anilines is 1. The van der Waals surface area contributed by atoms with Crippen molar-refractivity contribution in [2.24, 2.45) is 0 Å². The molecule has 0 saturated heterocycles. The minimum absolute atomic E-state index is 0.178. The molecule has 2 heterocycles. The molecule has 0 aliphatic carbocycles. The number of aromatic carboxylic acids is 1. The predicted molar refractivity (Wildman–Crippen MR) is 87.3 cm³/mol. The Hall–Kier alpha value is -3.13. The molecular formula is C16H12N2O5S. The molecule has 2 N–H and O–H groups in total. The molecule has 24 heavy (non-hydrogen) atoms. The van der Waals surface area contributed by atoms with Gasteiger partial charge in [0.05, 0.1) is 4.88 Å². The van der Waals surface area contributed by atoms with Crippen LogP contribution in [0.25, 0.3) is 10.6 Å². The molecule has 0 saturated carbocycles. The van der Waals surface area contributed by atoms with Gasteiger partial charge in [-0.25, -0.2) is 4.79 Å². The number of thiophene rings is 1. The number of carbonyl (C=O) groups excluding carboxylic acids is 1. The van der Waals surface area contributed by atoms with Crippen LogP contribution in [0.1, 0.15) is 10.4 Å². The molecule has 0 radical (unpaired) electrons. The molecule has 0 unspecified atom stereocenters. The molecule has 8 heteroatoms. The van der Waals surface area contributed by atoms with Crippen molar-refractivity contribution in [2.45, 2.75) is 0 Å². The van der Waals surface area contributed by atoms with Gasteiger partial charge in [-0.3, -0.25) is 10.1 Å². The van der Waals surface area contributed by atoms with Crippen molar-refractivity contribution in [3.8, 4) is 16.3 Å². The molecule has 1 aromatic carbocycles. The van der Waals surface area contributed by atoms with E-state index in [0.29, 0.717) is 10.6 Å². The van der Waals surface area contributed by atoms with E-state index in [2.05, 4.69) is 10.5 Å². The number of carboxylic acid groups (broad SMARTS) is 1. The Balaban J connectivity index is 1.73. The van der Waals surface area contributed by atoms with E-state index in [0.717, 1.165) is 0 Å². The van der Waals surface area contributed by atoms with Crippen LogP contribution in [0.15, 0.2) is 52.4 Å². The highest BCUT2D eigenvalue weighted by Crippen LogP contribution is 2.31. The number of hydrogen-bond acceptors (Lipinski definition) is 6. The van der Waals surface area contributed by atoms with E-state index in [4.69, 9.17) is 9.26 Å². The Bertz CT molecular complexity index is 843. The van der Waals surface area contributed by atoms with E-state index < -0.39 is 11.9 Å². The monoisotopic (exact) mass is 344 g/mol. The molecule has 122 valence electrons. The maximum absolute atomic E-state index is 11.9. The van der Waals surface area contributed by atoms with Gasteiger partial charge >= 0.3 is 5.97 Å². The van der Waals surface area contributed by atoms with Gasteiger partial charge < -0.3 is 14.4 Å². The molecule has 2 aromatic heterocycles. The number of hydrogen-bond donors (Lipinski definition) is 2. The first-order valence-electron chi connectivity index (χ1n) is 6.89. The molecule has 1 amide bonds. The van der Waals surface area contributed by atoms with Gasteiger partial charge in [0.15, 0.2) is 12.2 Å². The second-order valence-corrected chi connectivity index (χ2v) is 5.62. The minimum Gasteiger partial charge on any atom is -0.484 e. The quantitative estimate of drug-likeness (QED) is 0.712. The molecule has 3 rings (SSSR count). The average Bonchev–Trinajstić information content (AvgIpc) is 3.23. The molecule has 3 aromatic rings. The Morgan fingerprint density at radius 1 is 1.21 bits per heavy atom. The van der Waals surface area contributed by atoms with Crippen LogP contribution in [0.5, 0.6) is 5.75 Å². The summed E-state index contributed by atoms with van der Waals surface area (Å²) in [4.78, 5) is 24.1. The van der Waals surface area contributed by atoms with Gasteiger partial charge in [0.2, 0.25) is 5.88 Å². The van der Waals surface area contributed by atoms with Crippen LogP contribution < -0.4 is 10.1 Å². The average molecular weight is 344 g/mol. The summed E-state index contributed by atoms with van der Waals surface area (Å²) in [6, 6.07) is 12.3. The Kier molecular flexibility index (Phi) is 4.57. The third-order valence-electron chi connectivity index (χ3n) is 3.03. The zero-order valence-corrected chi connectivity index (χ0v) is 13.1. The fourth-order valence-electron chi connectivity index (χ4n) is 1.98. The van der Waals surface area contributed by atoms with Crippen molar-refractivity contribution >= 4 is 29.1 Å². The zero-order valence-electron chi connectivity index (χ0n) is 12.3. The first kappa shape index (κ1) is 15.8. The van der Waals surface area contributed by atoms with Crippen LogP contribution in [0, 0.1) is 0 Å². The number of benzene rings is 1. The summed E-state index contributed by atoms with van der Waals surface area (Å²) in [7, 11) is 0. The molecule has 0 aliphatic rings. The highest BCUT2D eigenvalue weighted by Gasteiger charge is 2.25. The normalized spacial score (nSPS) is 10.3. The van der Waals surface area contributed by atoms with Crippen LogP contribution >= 0.6 is 11.3 Å². The molecule has 0 atom stereocenters. The predicted octanol–water partition coefficient (Wildman–Crippen LogP) is 3.12. The number of aromatic nitrogens is 1. The number of carbonyl (C=O) groups is 2. The first-order chi connectivity index (χ1) is 11.6. The Morgan fingerprint density at radius 3 is 2.67 bits per heavy atom. The first-order valence-corrected chi connectivity index (χ1v) is 7.77. The van der Waals surface area contributed by atoms with Crippen molar-refractivity contribution in [1.82, 2.24) is 5.16 Å². The number of rotatable bonds is 6. The third-order valence-corrected chi connectivity index (χ3v) is 3.90. The van der Waals surface area contributed by atoms with E-state index >= 15 is 0 Å². The molecular weight excluding hydrogens is 332 g/mol. The SMILES string of the molecule is O=C(COc1ccccc1)Nc1onc(-c2cccs2)c1C(=O)O. The fraction of sp³-hybridized carbons (Fsp3) is 0.0625. The Morgan fingerprint density at radius 2 is 2.00 bits per heavy atom. The molecule has 0 spiro atoms. The largest absolute Gasteiger partial charge is 0.484 e. The third kappa shape index (κ3) is 3.44. The van der Waals surface area contributed by atoms with Crippen LogP contribution in [-0.4, -0.2) is 28.7 Å². The summed E-state index contributed by atoms with van der Waals surface area (Å²) in [5, 5.41) is 17.3. The lowest BCUT2D eigenvalue weighted by Gasteiger charge is -2.05. The van der Waals surface area contributed by atoms with E-state index in [1.807, 2.05) is 6.07 Å². The second-order valence-electron chi connectivity index (χ2n) is 4.67. The molecule has 0 aliphatic heterocycles. The molecule has 0 bridgehead atoms. The fourth-order valence-corrected chi connectivity index (χ4v) is 2.70. The summed E-state index contributed by atoms with van der Waals surface area (Å²) in [6.45, 7) is -0.280. The van der Waals surface area contributed by atoms with Crippen molar-refractivity contribution in [3.05, 3.63) is 53.4 Å². The van der Waals surface area contributed by atoms with Gasteiger partial charge in [-0.15, -0.1) is 11.3 Å². The maximum atomic E-state index is 11.9. The highest BCUT2D eigenvalue weighted by molar-refractivity contribution is 7.13. The highest BCUT2D eigenvalue weighted by atomic mass is 32.1. The lowest BCUT2D eigenvalue weighted by atomic mass is 10.2. The van der Waals surface area contributed by atoms with E-state index in [1.54, 1.807) is 41.8 Å². The van der Waals surface area contributed by atoms with Crippen LogP contribution in [0.3, 0.4) is 0 Å². The van der Waals surface area contributed by atoms with Gasteiger partial charge in [0, 0.05) is 0 Å². The number of nitrogens with one attached hydrogen (secondary N) is 1. The number of nitrogens with zero attached hydrogens (tertiary/aromatic N) is 1. The molecule has 7 nitrogen and oxygen atoms in total. The lowest BCUT2D eigenvalue weighted by Crippen LogP contribution is -2.21. The number of ether oxygens (including phenoxy) is 1. The maximum Gasteiger partial charge on any atom is 0.343 e. The summed E-state index contributed by atoms with van der Waals surface area (Å²) >= 11 is 1.32. The number of para-hydroxylation sites is 1. The smallest absolute Gasteiger partial charge is 0.343 e. The van der Waals surface area contributed by atoms with E-state index in [1.165, 1.54) is 11.3 Å². The standard InChI is InChI=1S/C16H12N2O5S/c19-12(9-22-10-5-2-1-3-6-10)17-15-13(16(20)21)14(18-23-15)11-7-4-8-24-11/h1-8H,9H2,(H,17,19)(H,20,21). The van der Waals surface area contributed by atoms with Crippen molar-refractivity contribution in [1.29, 1.82) is 0 Å². The Labute approximate surface area is 140 Å². The van der Waals surface area contributed by atoms with Gasteiger partial charge in [0.1, 0.15) is 11.4 Å². The van der Waals surface area contributed by atoms with Crippen LogP contribution in [-0.2, 0) is 4.79 Å². The topological polar surface area (TPSA) is 102 Å². The van der Waals surface area contributed by atoms with Crippen LogP contribution in [0.2, 0.25) is 0 Å². The summed E-state index contributed by atoms with van der Waals surface area (Å²) in [6.07, 6.45) is 0. The van der Waals surface area contributed by atoms with Gasteiger partial charge in [-0.1, -0.05) is 29.4 Å². The number of carboxylic acids is 1. The summed E-state index contributed by atoms with van der Waals surface area (Å²) in [5.74, 6) is -1.47. The van der Waals surface area contributed by atoms with Gasteiger partial charge in [0.25, 0.3) is 5.91 Å². The summed E-state index contributed by atoms with van der Waals surface area (Å²) < 4.78 is 10.3. The lowest BCUT2D eigenvalue weighted by molar-refractivity contribution is -0.118. The second kappa shape index (κ2) is 6.97. The van der Waals surface area contributed by atoms with Crippen molar-refractivity contribution < 1.29 is 24.0 Å². The number of amides is 1. The van der Waals surface area contributed by atoms with Crippen molar-refractivity contribution in [2.75, 3.05) is 11.9 Å². The van der Waals surface area contributed by atoms with Crippen molar-refractivity contribution in [3.63, 3.8) is 0 Å². The minimum atomic E-state index is -1.24. The van der Waals surface area contributed by atoms with Gasteiger partial charge in [-0.2, -0.15) is 0 Å². The van der Waals surface area contributed by atoms with E-state index in [9.17, 15) is 14.7 Å². The van der Waals surface area contributed by atoms with E-state index in [-0.39, 0.29) is 23.7 Å². The zero-order chi connectivity index (χ0) is 16.9. The summed E-state index contributed by atoms with van der Waals surface area (Å²) in [5.41, 5.74) is -0.0118. The van der Waals surface area contributed by atoms with Crippen LogP contribution in [0.4, 0.5) is 5.88 Å². The van der Waals surface area contributed by atoms with Gasteiger partial charge in [-0.05, 0) is 23.6 Å².